The summed E-state index contributed by atoms with van der Waals surface area (Å²) in [7, 11) is 0. The highest BCUT2D eigenvalue weighted by molar-refractivity contribution is 5.94. The summed E-state index contributed by atoms with van der Waals surface area (Å²) in [6, 6.07) is 14.0. The van der Waals surface area contributed by atoms with E-state index in [-0.39, 0.29) is 11.7 Å². The molecule has 3 N–H and O–H groups in total. The Bertz CT molecular complexity index is 736. The van der Waals surface area contributed by atoms with Crippen LogP contribution in [0.2, 0.25) is 0 Å². The van der Waals surface area contributed by atoms with E-state index in [9.17, 15) is 9.90 Å². The van der Waals surface area contributed by atoms with Crippen molar-refractivity contribution in [3.8, 4) is 5.75 Å². The zero-order valence-electron chi connectivity index (χ0n) is 13.9. The molecule has 0 radical (unpaired) electrons. The molecule has 6 heteroatoms. The van der Waals surface area contributed by atoms with Gasteiger partial charge in [0.15, 0.2) is 0 Å². The predicted molar refractivity (Wildman–Crippen MR) is 97.2 cm³/mol. The number of nitrogens with one attached hydrogen (secondary N) is 2. The topological polar surface area (TPSA) is 73.8 Å². The zero-order chi connectivity index (χ0) is 17.6. The smallest absolute Gasteiger partial charge is 0.269 e. The summed E-state index contributed by atoms with van der Waals surface area (Å²) in [5.74, 6) is -0.180. The van der Waals surface area contributed by atoms with E-state index in [1.54, 1.807) is 12.1 Å². The first kappa shape index (κ1) is 16.9. The van der Waals surface area contributed by atoms with Gasteiger partial charge in [0, 0.05) is 24.3 Å². The first-order valence-electron chi connectivity index (χ1n) is 8.11. The lowest BCUT2D eigenvalue weighted by Gasteiger charge is -2.29. The maximum Gasteiger partial charge on any atom is 0.269 e. The first-order chi connectivity index (χ1) is 12.1. The monoisotopic (exact) mass is 339 g/mol. The molecule has 1 aliphatic heterocycles. The molecule has 6 nitrogen and oxygen atoms in total. The van der Waals surface area contributed by atoms with E-state index in [2.05, 4.69) is 22.3 Å². The first-order valence-corrected chi connectivity index (χ1v) is 8.11. The van der Waals surface area contributed by atoms with Crippen molar-refractivity contribution >= 4 is 17.3 Å². The summed E-state index contributed by atoms with van der Waals surface area (Å²) in [6.07, 6.45) is 0. The quantitative estimate of drug-likeness (QED) is 0.728. The van der Waals surface area contributed by atoms with Gasteiger partial charge in [0.2, 0.25) is 0 Å². The van der Waals surface area contributed by atoms with Crippen LogP contribution in [0.5, 0.6) is 5.75 Å². The Morgan fingerprint density at radius 3 is 2.20 bits per heavy atom. The predicted octanol–water partition coefficient (Wildman–Crippen LogP) is 2.13. The maximum atomic E-state index is 12.0. The average Bonchev–Trinajstić information content (AvgIpc) is 2.67. The number of hydrazine groups is 1. The third kappa shape index (κ3) is 4.30. The van der Waals surface area contributed by atoms with Crippen molar-refractivity contribution in [3.05, 3.63) is 66.2 Å². The van der Waals surface area contributed by atoms with Crippen LogP contribution in [0.4, 0.5) is 5.69 Å². The average molecular weight is 339 g/mol. The van der Waals surface area contributed by atoms with Gasteiger partial charge >= 0.3 is 0 Å². The Hall–Kier alpha value is -2.99. The van der Waals surface area contributed by atoms with Crippen LogP contribution in [0.25, 0.3) is 5.70 Å². The number of carbonyl (C=O) groups is 1. The van der Waals surface area contributed by atoms with Gasteiger partial charge in [0.05, 0.1) is 18.9 Å². The minimum Gasteiger partial charge on any atom is -0.508 e. The molecule has 0 aromatic heterocycles. The largest absolute Gasteiger partial charge is 0.508 e. The van der Waals surface area contributed by atoms with E-state index >= 15 is 0 Å². The van der Waals surface area contributed by atoms with Crippen LogP contribution in [-0.2, 0) is 4.74 Å². The standard InChI is InChI=1S/C19H21N3O3/c1-14(20-21-19(24)16-4-8-18(23)9-5-16)15-2-6-17(7-3-15)22-10-12-25-13-11-22/h2-9,20,23H,1,10-13H2,(H,21,24). The molecule has 1 saturated heterocycles. The third-order valence-corrected chi connectivity index (χ3v) is 4.05. The van der Waals surface area contributed by atoms with Crippen LogP contribution in [0, 0.1) is 0 Å². The van der Waals surface area contributed by atoms with Crippen molar-refractivity contribution in [1.29, 1.82) is 0 Å². The highest BCUT2D eigenvalue weighted by Crippen LogP contribution is 2.19. The van der Waals surface area contributed by atoms with Crippen molar-refractivity contribution in [2.24, 2.45) is 0 Å². The molecule has 0 unspecified atom stereocenters. The van der Waals surface area contributed by atoms with Crippen molar-refractivity contribution in [2.75, 3.05) is 31.2 Å². The molecule has 0 spiro atoms. The SMILES string of the molecule is C=C(NNC(=O)c1ccc(O)cc1)c1ccc(N2CCOCC2)cc1. The summed E-state index contributed by atoms with van der Waals surface area (Å²) in [5.41, 5.74) is 8.50. The molecule has 0 atom stereocenters. The number of morpholine rings is 1. The van der Waals surface area contributed by atoms with Crippen LogP contribution in [0.15, 0.2) is 55.1 Å². The van der Waals surface area contributed by atoms with Gasteiger partial charge in [-0.1, -0.05) is 18.7 Å². The Morgan fingerprint density at radius 1 is 0.960 bits per heavy atom. The molecular weight excluding hydrogens is 318 g/mol. The third-order valence-electron chi connectivity index (χ3n) is 4.05. The Labute approximate surface area is 146 Å². The van der Waals surface area contributed by atoms with Crippen molar-refractivity contribution in [2.45, 2.75) is 0 Å². The Morgan fingerprint density at radius 2 is 1.56 bits per heavy atom. The molecule has 130 valence electrons. The minimum atomic E-state index is -0.300. The fourth-order valence-electron chi connectivity index (χ4n) is 2.58. The van der Waals surface area contributed by atoms with Gasteiger partial charge in [0.1, 0.15) is 5.75 Å². The second kappa shape index (κ2) is 7.72. The van der Waals surface area contributed by atoms with Crippen molar-refractivity contribution in [1.82, 2.24) is 10.9 Å². The maximum absolute atomic E-state index is 12.0. The number of aromatic hydroxyl groups is 1. The highest BCUT2D eigenvalue weighted by atomic mass is 16.5. The zero-order valence-corrected chi connectivity index (χ0v) is 13.9. The van der Waals surface area contributed by atoms with Crippen LogP contribution in [0.1, 0.15) is 15.9 Å². The molecule has 2 aromatic carbocycles. The number of benzene rings is 2. The molecule has 1 amide bonds. The second-order valence-electron chi connectivity index (χ2n) is 5.75. The van der Waals surface area contributed by atoms with Crippen molar-refractivity contribution < 1.29 is 14.6 Å². The number of amides is 1. The number of ether oxygens (including phenoxy) is 1. The summed E-state index contributed by atoms with van der Waals surface area (Å²) in [5, 5.41) is 9.25. The van der Waals surface area contributed by atoms with E-state index in [1.165, 1.54) is 12.1 Å². The number of phenolic OH excluding ortho intramolecular Hbond substituents is 1. The number of hydrogen-bond donors (Lipinski definition) is 3. The number of carbonyl (C=O) groups excluding carboxylic acids is 1. The van der Waals surface area contributed by atoms with Crippen LogP contribution < -0.4 is 15.8 Å². The summed E-state index contributed by atoms with van der Waals surface area (Å²) in [4.78, 5) is 14.3. The lowest BCUT2D eigenvalue weighted by Crippen LogP contribution is -2.36. The molecule has 25 heavy (non-hydrogen) atoms. The minimum absolute atomic E-state index is 0.120. The van der Waals surface area contributed by atoms with E-state index in [0.29, 0.717) is 11.3 Å². The van der Waals surface area contributed by atoms with Gasteiger partial charge in [-0.15, -0.1) is 0 Å². The van der Waals surface area contributed by atoms with Crippen LogP contribution >= 0.6 is 0 Å². The highest BCUT2D eigenvalue weighted by Gasteiger charge is 2.11. The molecular formula is C19H21N3O3. The van der Waals surface area contributed by atoms with Crippen molar-refractivity contribution in [3.63, 3.8) is 0 Å². The molecule has 0 bridgehead atoms. The summed E-state index contributed by atoms with van der Waals surface area (Å²) >= 11 is 0. The van der Waals surface area contributed by atoms with Crippen LogP contribution in [-0.4, -0.2) is 37.3 Å². The molecule has 1 fully saturated rings. The fourth-order valence-corrected chi connectivity index (χ4v) is 2.58. The van der Waals surface area contributed by atoms with Gasteiger partial charge in [0.25, 0.3) is 5.91 Å². The molecule has 2 aromatic rings. The van der Waals surface area contributed by atoms with Gasteiger partial charge in [-0.2, -0.15) is 0 Å². The number of phenols is 1. The van der Waals surface area contributed by atoms with Gasteiger partial charge < -0.3 is 14.7 Å². The second-order valence-corrected chi connectivity index (χ2v) is 5.75. The molecule has 1 heterocycles. The number of anilines is 1. The molecule has 0 saturated carbocycles. The van der Waals surface area contributed by atoms with Gasteiger partial charge in [-0.25, -0.2) is 0 Å². The normalized spacial score (nSPS) is 14.0. The van der Waals surface area contributed by atoms with Gasteiger partial charge in [-0.05, 0) is 42.0 Å². The number of rotatable bonds is 5. The van der Waals surface area contributed by atoms with E-state index in [4.69, 9.17) is 4.74 Å². The van der Waals surface area contributed by atoms with E-state index in [0.717, 1.165) is 37.6 Å². The summed E-state index contributed by atoms with van der Waals surface area (Å²) in [6.45, 7) is 7.23. The van der Waals surface area contributed by atoms with E-state index < -0.39 is 0 Å². The lowest BCUT2D eigenvalue weighted by atomic mass is 10.1. The number of nitrogens with zero attached hydrogens (tertiary/aromatic N) is 1. The Kier molecular flexibility index (Phi) is 5.20. The van der Waals surface area contributed by atoms with Gasteiger partial charge in [-0.3, -0.25) is 15.6 Å². The Balaban J connectivity index is 1.55. The molecule has 1 aliphatic rings. The molecule has 3 rings (SSSR count). The number of hydrogen-bond acceptors (Lipinski definition) is 5. The lowest BCUT2D eigenvalue weighted by molar-refractivity contribution is 0.0942. The summed E-state index contributed by atoms with van der Waals surface area (Å²) < 4.78 is 5.36. The fraction of sp³-hybridized carbons (Fsp3) is 0.211. The molecule has 0 aliphatic carbocycles. The van der Waals surface area contributed by atoms with Crippen LogP contribution in [0.3, 0.4) is 0 Å². The van der Waals surface area contributed by atoms with E-state index in [1.807, 2.05) is 24.3 Å².